The van der Waals surface area contributed by atoms with Crippen molar-refractivity contribution in [2.75, 3.05) is 39.3 Å². The van der Waals surface area contributed by atoms with Crippen molar-refractivity contribution in [1.82, 2.24) is 10.2 Å². The summed E-state index contributed by atoms with van der Waals surface area (Å²) in [6, 6.07) is 0. The van der Waals surface area contributed by atoms with E-state index in [2.05, 4.69) is 24.1 Å². The van der Waals surface area contributed by atoms with E-state index in [-0.39, 0.29) is 0 Å². The molecular weight excluding hydrogens is 176 g/mol. The van der Waals surface area contributed by atoms with Gasteiger partial charge in [-0.05, 0) is 52.9 Å². The summed E-state index contributed by atoms with van der Waals surface area (Å²) >= 11 is 0. The summed E-state index contributed by atoms with van der Waals surface area (Å²) in [5.74, 6) is 0. The Morgan fingerprint density at radius 2 is 1.93 bits per heavy atom. The molecule has 0 aliphatic carbocycles. The van der Waals surface area contributed by atoms with Gasteiger partial charge < -0.3 is 15.0 Å². The first-order valence-electron chi connectivity index (χ1n) is 5.87. The number of nitrogens with one attached hydrogen (secondary N) is 1. The molecule has 1 fully saturated rings. The first-order chi connectivity index (χ1) is 6.83. The van der Waals surface area contributed by atoms with E-state index in [1.165, 1.54) is 39.0 Å². The molecule has 3 heteroatoms. The van der Waals surface area contributed by atoms with E-state index in [1.807, 2.05) is 0 Å². The Kier molecular flexibility index (Phi) is 6.15. The molecule has 0 saturated carbocycles. The van der Waals surface area contributed by atoms with Gasteiger partial charge in [-0.2, -0.15) is 0 Å². The van der Waals surface area contributed by atoms with E-state index in [4.69, 9.17) is 4.74 Å². The third-order valence-corrected chi connectivity index (χ3v) is 2.62. The fourth-order valence-corrected chi connectivity index (χ4v) is 1.98. The molecule has 1 unspecified atom stereocenters. The molecule has 1 atom stereocenters. The second kappa shape index (κ2) is 7.21. The van der Waals surface area contributed by atoms with Crippen LogP contribution in [0.5, 0.6) is 0 Å². The van der Waals surface area contributed by atoms with E-state index in [9.17, 15) is 0 Å². The average Bonchev–Trinajstić information content (AvgIpc) is 2.10. The second-order valence-corrected chi connectivity index (χ2v) is 4.02. The fourth-order valence-electron chi connectivity index (χ4n) is 1.98. The second-order valence-electron chi connectivity index (χ2n) is 4.02. The van der Waals surface area contributed by atoms with Crippen LogP contribution in [0.15, 0.2) is 0 Å². The van der Waals surface area contributed by atoms with Crippen LogP contribution in [0.1, 0.15) is 26.7 Å². The lowest BCUT2D eigenvalue weighted by Crippen LogP contribution is -2.38. The van der Waals surface area contributed by atoms with Gasteiger partial charge in [-0.15, -0.1) is 0 Å². The van der Waals surface area contributed by atoms with E-state index in [0.29, 0.717) is 6.10 Å². The minimum absolute atomic E-state index is 0.382. The van der Waals surface area contributed by atoms with Crippen LogP contribution < -0.4 is 5.32 Å². The first kappa shape index (κ1) is 12.0. The molecule has 1 heterocycles. The van der Waals surface area contributed by atoms with Crippen molar-refractivity contribution < 1.29 is 4.74 Å². The third-order valence-electron chi connectivity index (χ3n) is 2.62. The molecule has 0 aromatic heterocycles. The van der Waals surface area contributed by atoms with Gasteiger partial charge >= 0.3 is 0 Å². The normalized spacial score (nSPS) is 22.7. The largest absolute Gasteiger partial charge is 0.377 e. The Morgan fingerprint density at radius 1 is 1.29 bits per heavy atom. The summed E-state index contributed by atoms with van der Waals surface area (Å²) in [6.07, 6.45) is 2.91. The molecule has 1 saturated heterocycles. The summed E-state index contributed by atoms with van der Waals surface area (Å²) in [7, 11) is 0. The van der Waals surface area contributed by atoms with Crippen LogP contribution in [0.3, 0.4) is 0 Å². The smallest absolute Gasteiger partial charge is 0.0673 e. The molecule has 1 N–H and O–H groups in total. The van der Waals surface area contributed by atoms with Gasteiger partial charge in [0.25, 0.3) is 0 Å². The predicted octanol–water partition coefficient (Wildman–Crippen LogP) is 1.10. The summed E-state index contributed by atoms with van der Waals surface area (Å²) in [5.41, 5.74) is 0. The predicted molar refractivity (Wildman–Crippen MR) is 59.6 cm³/mol. The van der Waals surface area contributed by atoms with Gasteiger partial charge in [0, 0.05) is 13.2 Å². The molecule has 1 aliphatic rings. The molecule has 0 bridgehead atoms. The van der Waals surface area contributed by atoms with Crippen LogP contribution in [0.25, 0.3) is 0 Å². The highest BCUT2D eigenvalue weighted by molar-refractivity contribution is 4.66. The lowest BCUT2D eigenvalue weighted by molar-refractivity contribution is 0.0441. The van der Waals surface area contributed by atoms with Crippen molar-refractivity contribution in [2.45, 2.75) is 32.8 Å². The van der Waals surface area contributed by atoms with Crippen LogP contribution in [-0.4, -0.2) is 50.3 Å². The number of nitrogens with zero attached hydrogens (tertiary/aromatic N) is 1. The van der Waals surface area contributed by atoms with Gasteiger partial charge in [-0.25, -0.2) is 0 Å². The minimum Gasteiger partial charge on any atom is -0.377 e. The van der Waals surface area contributed by atoms with E-state index in [0.717, 1.165) is 13.2 Å². The van der Waals surface area contributed by atoms with E-state index < -0.39 is 0 Å². The molecule has 0 aromatic rings. The lowest BCUT2D eigenvalue weighted by atomic mass is 10.2. The zero-order valence-electron chi connectivity index (χ0n) is 9.59. The standard InChI is InChI=1S/C11H24N2O/c1-3-14-11(2)10-13-8-4-6-12-7-5-9-13/h11-12H,3-10H2,1-2H3. The quantitative estimate of drug-likeness (QED) is 0.735. The third kappa shape index (κ3) is 4.94. The first-order valence-corrected chi connectivity index (χ1v) is 5.87. The van der Waals surface area contributed by atoms with E-state index >= 15 is 0 Å². The Morgan fingerprint density at radius 3 is 2.50 bits per heavy atom. The molecule has 1 aliphatic heterocycles. The maximum atomic E-state index is 5.56. The molecule has 3 nitrogen and oxygen atoms in total. The van der Waals surface area contributed by atoms with Gasteiger partial charge in [0.15, 0.2) is 0 Å². The Labute approximate surface area is 87.8 Å². The molecule has 14 heavy (non-hydrogen) atoms. The lowest BCUT2D eigenvalue weighted by Gasteiger charge is -2.27. The van der Waals surface area contributed by atoms with Gasteiger partial charge in [0.05, 0.1) is 6.10 Å². The van der Waals surface area contributed by atoms with Crippen molar-refractivity contribution in [1.29, 1.82) is 0 Å². The van der Waals surface area contributed by atoms with Crippen molar-refractivity contribution in [2.24, 2.45) is 0 Å². The minimum atomic E-state index is 0.382. The number of hydrogen-bond acceptors (Lipinski definition) is 3. The topological polar surface area (TPSA) is 24.5 Å². The number of ether oxygens (including phenoxy) is 1. The van der Waals surface area contributed by atoms with Crippen molar-refractivity contribution >= 4 is 0 Å². The molecule has 1 rings (SSSR count). The van der Waals surface area contributed by atoms with E-state index in [1.54, 1.807) is 0 Å². The van der Waals surface area contributed by atoms with Crippen LogP contribution in [-0.2, 0) is 4.74 Å². The molecular formula is C11H24N2O. The fraction of sp³-hybridized carbons (Fsp3) is 1.00. The maximum Gasteiger partial charge on any atom is 0.0673 e. The zero-order chi connectivity index (χ0) is 10.2. The summed E-state index contributed by atoms with van der Waals surface area (Å²) < 4.78 is 5.56. The zero-order valence-corrected chi connectivity index (χ0v) is 9.59. The van der Waals surface area contributed by atoms with Crippen LogP contribution >= 0.6 is 0 Å². The van der Waals surface area contributed by atoms with Crippen LogP contribution in [0.2, 0.25) is 0 Å². The summed E-state index contributed by atoms with van der Waals surface area (Å²) in [4.78, 5) is 2.53. The van der Waals surface area contributed by atoms with Gasteiger partial charge in [0.2, 0.25) is 0 Å². The highest BCUT2D eigenvalue weighted by Crippen LogP contribution is 2.01. The number of rotatable bonds is 4. The molecule has 0 amide bonds. The van der Waals surface area contributed by atoms with Gasteiger partial charge in [0.1, 0.15) is 0 Å². The SMILES string of the molecule is CCOC(C)CN1CCCNCCC1. The van der Waals surface area contributed by atoms with Gasteiger partial charge in [-0.3, -0.25) is 0 Å². The molecule has 0 spiro atoms. The highest BCUT2D eigenvalue weighted by Gasteiger charge is 2.11. The Balaban J connectivity index is 2.19. The summed E-state index contributed by atoms with van der Waals surface area (Å²) in [5, 5.41) is 3.43. The molecule has 84 valence electrons. The highest BCUT2D eigenvalue weighted by atomic mass is 16.5. The van der Waals surface area contributed by atoms with Crippen LogP contribution in [0.4, 0.5) is 0 Å². The van der Waals surface area contributed by atoms with Crippen molar-refractivity contribution in [3.63, 3.8) is 0 Å². The maximum absolute atomic E-state index is 5.56. The molecule has 0 aromatic carbocycles. The summed E-state index contributed by atoms with van der Waals surface area (Å²) in [6.45, 7) is 10.9. The molecule has 0 radical (unpaired) electrons. The average molecular weight is 200 g/mol. The van der Waals surface area contributed by atoms with Crippen molar-refractivity contribution in [3.8, 4) is 0 Å². The Hall–Kier alpha value is -0.120. The van der Waals surface area contributed by atoms with Crippen LogP contribution in [0, 0.1) is 0 Å². The monoisotopic (exact) mass is 200 g/mol. The van der Waals surface area contributed by atoms with Gasteiger partial charge in [-0.1, -0.05) is 0 Å². The van der Waals surface area contributed by atoms with Crippen molar-refractivity contribution in [3.05, 3.63) is 0 Å². The number of hydrogen-bond donors (Lipinski definition) is 1. The Bertz CT molecular complexity index is 133.